The number of halogens is 2. The number of hydrogen-bond acceptors (Lipinski definition) is 2. The van der Waals surface area contributed by atoms with Crippen molar-refractivity contribution in [2.45, 2.75) is 25.9 Å². The van der Waals surface area contributed by atoms with Gasteiger partial charge < -0.3 is 4.74 Å². The van der Waals surface area contributed by atoms with E-state index in [1.165, 1.54) is 12.1 Å². The van der Waals surface area contributed by atoms with Gasteiger partial charge in [0, 0.05) is 12.3 Å². The zero-order valence-corrected chi connectivity index (χ0v) is 10.3. The molecule has 2 unspecified atom stereocenters. The number of Topliss-reactive ketones (excluding diaryl/α,β-unsaturated/α-hetero) is 1. The van der Waals surface area contributed by atoms with Crippen LogP contribution in [0.5, 0.6) is 0 Å². The van der Waals surface area contributed by atoms with E-state index < -0.39 is 5.82 Å². The lowest BCUT2D eigenvalue weighted by atomic mass is 9.96. The first-order valence-corrected chi connectivity index (χ1v) is 6.02. The molecule has 2 atom stereocenters. The molecule has 4 heteroatoms. The van der Waals surface area contributed by atoms with E-state index in [1.807, 2.05) is 6.92 Å². The Kier molecular flexibility index (Phi) is 3.79. The lowest BCUT2D eigenvalue weighted by molar-refractivity contribution is -0.122. The molecule has 2 nitrogen and oxygen atoms in total. The molecule has 1 aromatic rings. The summed E-state index contributed by atoms with van der Waals surface area (Å²) in [5.74, 6) is -0.355. The van der Waals surface area contributed by atoms with Gasteiger partial charge in [0.05, 0.1) is 17.7 Å². The van der Waals surface area contributed by atoms with Crippen molar-refractivity contribution in [1.82, 2.24) is 0 Å². The van der Waals surface area contributed by atoms with E-state index in [2.05, 4.69) is 0 Å². The quantitative estimate of drug-likeness (QED) is 0.831. The fourth-order valence-electron chi connectivity index (χ4n) is 2.04. The van der Waals surface area contributed by atoms with Crippen LogP contribution >= 0.6 is 11.6 Å². The Morgan fingerprint density at radius 2 is 2.35 bits per heavy atom. The highest BCUT2D eigenvalue weighted by atomic mass is 35.5. The lowest BCUT2D eigenvalue weighted by Crippen LogP contribution is -2.17. The standard InChI is InChI=1S/C13H14ClFO2/c1-8-4-10(7-17-8)13(16)6-9-2-3-12(15)11(14)5-9/h2-3,5,8,10H,4,6-7H2,1H3. The minimum atomic E-state index is -0.458. The molecule has 1 aliphatic rings. The third kappa shape index (κ3) is 3.05. The van der Waals surface area contributed by atoms with Crippen molar-refractivity contribution in [2.75, 3.05) is 6.61 Å². The number of hydrogen-bond donors (Lipinski definition) is 0. The Morgan fingerprint density at radius 3 is 2.94 bits per heavy atom. The van der Waals surface area contributed by atoms with Crippen LogP contribution in [0.2, 0.25) is 5.02 Å². The highest BCUT2D eigenvalue weighted by Gasteiger charge is 2.27. The molecular weight excluding hydrogens is 243 g/mol. The maximum absolute atomic E-state index is 13.0. The van der Waals surface area contributed by atoms with E-state index in [0.717, 1.165) is 12.0 Å². The van der Waals surface area contributed by atoms with Gasteiger partial charge in [-0.25, -0.2) is 4.39 Å². The van der Waals surface area contributed by atoms with Crippen molar-refractivity contribution in [3.63, 3.8) is 0 Å². The summed E-state index contributed by atoms with van der Waals surface area (Å²) in [5.41, 5.74) is 0.751. The maximum atomic E-state index is 13.0. The van der Waals surface area contributed by atoms with Crippen LogP contribution in [-0.4, -0.2) is 18.5 Å². The van der Waals surface area contributed by atoms with E-state index >= 15 is 0 Å². The molecule has 0 radical (unpaired) electrons. The van der Waals surface area contributed by atoms with E-state index in [0.29, 0.717) is 13.0 Å². The van der Waals surface area contributed by atoms with Gasteiger partial charge in [-0.15, -0.1) is 0 Å². The van der Waals surface area contributed by atoms with Crippen molar-refractivity contribution in [1.29, 1.82) is 0 Å². The van der Waals surface area contributed by atoms with Crippen LogP contribution < -0.4 is 0 Å². The molecule has 1 aromatic carbocycles. The molecule has 1 fully saturated rings. The van der Waals surface area contributed by atoms with Gasteiger partial charge >= 0.3 is 0 Å². The second-order valence-corrected chi connectivity index (χ2v) is 4.88. The molecule has 0 N–H and O–H groups in total. The Balaban J connectivity index is 2.00. The van der Waals surface area contributed by atoms with Gasteiger partial charge in [-0.2, -0.15) is 0 Å². The Bertz CT molecular complexity index is 433. The summed E-state index contributed by atoms with van der Waals surface area (Å²) < 4.78 is 18.3. The molecule has 1 saturated heterocycles. The monoisotopic (exact) mass is 256 g/mol. The van der Waals surface area contributed by atoms with Crippen LogP contribution in [0, 0.1) is 11.7 Å². The van der Waals surface area contributed by atoms with Crippen LogP contribution in [0.4, 0.5) is 4.39 Å². The summed E-state index contributed by atoms with van der Waals surface area (Å²) >= 11 is 5.67. The SMILES string of the molecule is CC1CC(C(=O)Cc2ccc(F)c(Cl)c2)CO1. The first-order chi connectivity index (χ1) is 8.06. The number of carbonyl (C=O) groups excluding carboxylic acids is 1. The van der Waals surface area contributed by atoms with Gasteiger partial charge in [0.15, 0.2) is 0 Å². The van der Waals surface area contributed by atoms with Crippen molar-refractivity contribution >= 4 is 17.4 Å². The van der Waals surface area contributed by atoms with Crippen molar-refractivity contribution < 1.29 is 13.9 Å². The molecule has 0 aromatic heterocycles. The molecule has 1 aliphatic heterocycles. The van der Waals surface area contributed by atoms with Gasteiger partial charge in [-0.05, 0) is 31.0 Å². The Hall–Kier alpha value is -0.930. The number of benzene rings is 1. The third-order valence-electron chi connectivity index (χ3n) is 3.02. The number of ether oxygens (including phenoxy) is 1. The molecule has 0 spiro atoms. The molecule has 0 saturated carbocycles. The molecule has 2 rings (SSSR count). The predicted molar refractivity (Wildman–Crippen MR) is 63.6 cm³/mol. The molecule has 0 amide bonds. The number of carbonyl (C=O) groups is 1. The van der Waals surface area contributed by atoms with Crippen molar-refractivity contribution in [2.24, 2.45) is 5.92 Å². The summed E-state index contributed by atoms with van der Waals surface area (Å²) in [6, 6.07) is 4.39. The normalized spacial score (nSPS) is 23.9. The van der Waals surface area contributed by atoms with Gasteiger partial charge in [0.1, 0.15) is 11.6 Å². The lowest BCUT2D eigenvalue weighted by Gasteiger charge is -2.07. The minimum Gasteiger partial charge on any atom is -0.378 e. The molecule has 0 aliphatic carbocycles. The summed E-state index contributed by atoms with van der Waals surface area (Å²) in [5, 5.41) is 0.0614. The van der Waals surface area contributed by atoms with E-state index in [1.54, 1.807) is 6.07 Å². The minimum absolute atomic E-state index is 0.0335. The maximum Gasteiger partial charge on any atom is 0.142 e. The van der Waals surface area contributed by atoms with Gasteiger partial charge in [-0.1, -0.05) is 17.7 Å². The summed E-state index contributed by atoms with van der Waals surface area (Å²) in [6.45, 7) is 2.46. The summed E-state index contributed by atoms with van der Waals surface area (Å²) in [7, 11) is 0. The zero-order chi connectivity index (χ0) is 12.4. The smallest absolute Gasteiger partial charge is 0.142 e. The van der Waals surface area contributed by atoms with Gasteiger partial charge in [-0.3, -0.25) is 4.79 Å². The van der Waals surface area contributed by atoms with Gasteiger partial charge in [0.2, 0.25) is 0 Å². The van der Waals surface area contributed by atoms with Crippen LogP contribution in [0.3, 0.4) is 0 Å². The van der Waals surface area contributed by atoms with Crippen LogP contribution in [0.1, 0.15) is 18.9 Å². The molecule has 17 heavy (non-hydrogen) atoms. The average molecular weight is 257 g/mol. The molecule has 92 valence electrons. The fourth-order valence-corrected chi connectivity index (χ4v) is 2.24. The van der Waals surface area contributed by atoms with E-state index in [9.17, 15) is 9.18 Å². The largest absolute Gasteiger partial charge is 0.378 e. The number of ketones is 1. The second kappa shape index (κ2) is 5.15. The van der Waals surface area contributed by atoms with Crippen LogP contribution in [0.25, 0.3) is 0 Å². The van der Waals surface area contributed by atoms with Gasteiger partial charge in [0.25, 0.3) is 0 Å². The second-order valence-electron chi connectivity index (χ2n) is 4.47. The van der Waals surface area contributed by atoms with Crippen LogP contribution in [0.15, 0.2) is 18.2 Å². The highest BCUT2D eigenvalue weighted by Crippen LogP contribution is 2.22. The molecule has 0 bridgehead atoms. The topological polar surface area (TPSA) is 26.3 Å². The highest BCUT2D eigenvalue weighted by molar-refractivity contribution is 6.30. The predicted octanol–water partition coefficient (Wildman–Crippen LogP) is 3.02. The van der Waals surface area contributed by atoms with E-state index in [4.69, 9.17) is 16.3 Å². The summed E-state index contributed by atoms with van der Waals surface area (Å²) in [6.07, 6.45) is 1.22. The van der Waals surface area contributed by atoms with Crippen molar-refractivity contribution in [3.8, 4) is 0 Å². The van der Waals surface area contributed by atoms with Crippen LogP contribution in [-0.2, 0) is 16.0 Å². The average Bonchev–Trinajstić information content (AvgIpc) is 2.70. The zero-order valence-electron chi connectivity index (χ0n) is 9.58. The molecular formula is C13H14ClFO2. The summed E-state index contributed by atoms with van der Waals surface area (Å²) in [4.78, 5) is 11.9. The third-order valence-corrected chi connectivity index (χ3v) is 3.31. The first kappa shape index (κ1) is 12.5. The number of rotatable bonds is 3. The fraction of sp³-hybridized carbons (Fsp3) is 0.462. The van der Waals surface area contributed by atoms with E-state index in [-0.39, 0.29) is 22.8 Å². The molecule has 1 heterocycles. The first-order valence-electron chi connectivity index (χ1n) is 5.64. The Morgan fingerprint density at radius 1 is 1.59 bits per heavy atom. The Labute approximate surface area is 105 Å². The van der Waals surface area contributed by atoms with Crippen molar-refractivity contribution in [3.05, 3.63) is 34.6 Å².